The van der Waals surface area contributed by atoms with Crippen LogP contribution in [0.1, 0.15) is 37.3 Å². The fourth-order valence-corrected chi connectivity index (χ4v) is 3.90. The summed E-state index contributed by atoms with van der Waals surface area (Å²) in [5.41, 5.74) is 9.64. The van der Waals surface area contributed by atoms with Crippen LogP contribution in [0.4, 0.5) is 0 Å². The molecule has 150 valence electrons. The van der Waals surface area contributed by atoms with Crippen molar-refractivity contribution in [3.8, 4) is 11.5 Å². The van der Waals surface area contributed by atoms with E-state index in [-0.39, 0.29) is 11.4 Å². The van der Waals surface area contributed by atoms with Gasteiger partial charge in [0.05, 0.1) is 13.7 Å². The van der Waals surface area contributed by atoms with E-state index >= 15 is 0 Å². The van der Waals surface area contributed by atoms with Crippen molar-refractivity contribution >= 4 is 11.8 Å². The van der Waals surface area contributed by atoms with Gasteiger partial charge in [0.25, 0.3) is 0 Å². The number of methoxy groups -OCH3 is 1. The first-order chi connectivity index (χ1) is 13.5. The molecule has 4 nitrogen and oxygen atoms in total. The third kappa shape index (κ3) is 5.69. The number of ether oxygens (including phenoxy) is 2. The molecule has 5 heteroatoms. The van der Waals surface area contributed by atoms with E-state index in [4.69, 9.17) is 15.2 Å². The van der Waals surface area contributed by atoms with Crippen LogP contribution in [-0.4, -0.2) is 19.2 Å². The van der Waals surface area contributed by atoms with Crippen molar-refractivity contribution in [2.75, 3.05) is 13.7 Å². The van der Waals surface area contributed by atoms with Gasteiger partial charge in [-0.1, -0.05) is 49.9 Å². The van der Waals surface area contributed by atoms with Crippen molar-refractivity contribution in [2.24, 2.45) is 11.7 Å². The Morgan fingerprint density at radius 1 is 1.04 bits per heavy atom. The predicted octanol–water partition coefficient (Wildman–Crippen LogP) is 4.87. The molecule has 1 heterocycles. The molecule has 2 aromatic rings. The Hall–Kier alpha value is -2.11. The molecule has 28 heavy (non-hydrogen) atoms. The van der Waals surface area contributed by atoms with Crippen molar-refractivity contribution in [1.82, 2.24) is 5.32 Å². The van der Waals surface area contributed by atoms with E-state index in [2.05, 4.69) is 61.0 Å². The first-order valence-corrected chi connectivity index (χ1v) is 10.7. The van der Waals surface area contributed by atoms with Crippen LogP contribution in [0.3, 0.4) is 0 Å². The first-order valence-electron chi connectivity index (χ1n) is 9.78. The van der Waals surface area contributed by atoms with Crippen LogP contribution < -0.4 is 20.5 Å². The highest BCUT2D eigenvalue weighted by Gasteiger charge is 2.23. The summed E-state index contributed by atoms with van der Waals surface area (Å²) in [6.45, 7) is 5.17. The number of benzene rings is 2. The van der Waals surface area contributed by atoms with Gasteiger partial charge in [-0.25, -0.2) is 0 Å². The van der Waals surface area contributed by atoms with Crippen molar-refractivity contribution < 1.29 is 9.47 Å². The summed E-state index contributed by atoms with van der Waals surface area (Å²) in [5, 5.41) is 5.55. The molecule has 0 fully saturated rings. The van der Waals surface area contributed by atoms with Crippen LogP contribution in [-0.2, 0) is 6.42 Å². The number of nitrogens with two attached hydrogens (primary N) is 1. The Morgan fingerprint density at radius 2 is 1.71 bits per heavy atom. The second kappa shape index (κ2) is 9.89. The summed E-state index contributed by atoms with van der Waals surface area (Å²) in [6.07, 6.45) is 1.96. The lowest BCUT2D eigenvalue weighted by Crippen LogP contribution is -2.31. The molecule has 0 amide bonds. The van der Waals surface area contributed by atoms with Crippen molar-refractivity contribution in [2.45, 2.75) is 38.1 Å². The zero-order chi connectivity index (χ0) is 19.9. The summed E-state index contributed by atoms with van der Waals surface area (Å²) in [4.78, 5) is 0. The van der Waals surface area contributed by atoms with Gasteiger partial charge in [0.1, 0.15) is 17.0 Å². The van der Waals surface area contributed by atoms with Gasteiger partial charge in [-0.05, 0) is 59.6 Å². The smallest absolute Gasteiger partial charge is 0.127 e. The van der Waals surface area contributed by atoms with E-state index in [1.807, 2.05) is 12.1 Å². The van der Waals surface area contributed by atoms with Crippen molar-refractivity contribution in [3.63, 3.8) is 0 Å². The molecule has 1 aliphatic heterocycles. The Labute approximate surface area is 172 Å². The molecule has 2 atom stereocenters. The molecule has 0 saturated carbocycles. The predicted molar refractivity (Wildman–Crippen MR) is 118 cm³/mol. The summed E-state index contributed by atoms with van der Waals surface area (Å²) < 4.78 is 11.1. The third-order valence-electron chi connectivity index (χ3n) is 4.87. The van der Waals surface area contributed by atoms with Crippen LogP contribution in [0, 0.1) is 5.92 Å². The number of hydrogen-bond donors (Lipinski definition) is 2. The van der Waals surface area contributed by atoms with Gasteiger partial charge in [-0.2, -0.15) is 0 Å². The lowest BCUT2D eigenvalue weighted by Gasteiger charge is -2.21. The van der Waals surface area contributed by atoms with E-state index < -0.39 is 0 Å². The van der Waals surface area contributed by atoms with Gasteiger partial charge in [0.2, 0.25) is 0 Å². The number of allylic oxidation sites excluding steroid dienone is 1. The molecule has 3 N–H and O–H groups in total. The van der Waals surface area contributed by atoms with Gasteiger partial charge >= 0.3 is 0 Å². The topological polar surface area (TPSA) is 56.5 Å². The molecule has 3 rings (SSSR count). The minimum absolute atomic E-state index is 0.0768. The molecule has 0 spiro atoms. The van der Waals surface area contributed by atoms with Gasteiger partial charge in [0.15, 0.2) is 0 Å². The molecule has 0 radical (unpaired) electrons. The third-order valence-corrected chi connectivity index (χ3v) is 5.67. The SMILES string of the molecule is COc1ccc(CC(C2=CSC(N)N2)c2ccc(OCCC(C)C)cc2)cc1. The highest BCUT2D eigenvalue weighted by atomic mass is 32.2. The van der Waals surface area contributed by atoms with Gasteiger partial charge < -0.3 is 20.5 Å². The fraction of sp³-hybridized carbons (Fsp3) is 0.391. The van der Waals surface area contributed by atoms with E-state index in [1.165, 1.54) is 16.8 Å². The van der Waals surface area contributed by atoms with Gasteiger partial charge in [-0.15, -0.1) is 0 Å². The van der Waals surface area contributed by atoms with Crippen molar-refractivity contribution in [3.05, 3.63) is 70.8 Å². The summed E-state index contributed by atoms with van der Waals surface area (Å²) in [6, 6.07) is 16.7. The van der Waals surface area contributed by atoms with Crippen molar-refractivity contribution in [1.29, 1.82) is 0 Å². The standard InChI is InChI=1S/C23H30N2O2S/c1-16(2)12-13-27-20-10-6-18(7-11-20)21(22-15-28-23(24)25-22)14-17-4-8-19(26-3)9-5-17/h4-11,15-16,21,23,25H,12-14,24H2,1-3H3. The van der Waals surface area contributed by atoms with Crippen LogP contribution in [0.25, 0.3) is 0 Å². The molecular formula is C23H30N2O2S. The molecule has 2 unspecified atom stereocenters. The quantitative estimate of drug-likeness (QED) is 0.631. The molecule has 0 bridgehead atoms. The zero-order valence-corrected chi connectivity index (χ0v) is 17.7. The van der Waals surface area contributed by atoms with Crippen LogP contribution in [0.5, 0.6) is 11.5 Å². The van der Waals surface area contributed by atoms with Crippen LogP contribution in [0.2, 0.25) is 0 Å². The molecule has 1 aliphatic rings. The molecule has 2 aromatic carbocycles. The Kier molecular flexibility index (Phi) is 7.29. The van der Waals surface area contributed by atoms with E-state index in [1.54, 1.807) is 18.9 Å². The monoisotopic (exact) mass is 398 g/mol. The fourth-order valence-electron chi connectivity index (χ4n) is 3.18. The highest BCUT2D eigenvalue weighted by Crippen LogP contribution is 2.34. The van der Waals surface area contributed by atoms with Gasteiger partial charge in [0, 0.05) is 11.6 Å². The maximum atomic E-state index is 6.04. The normalized spacial score (nSPS) is 17.2. The molecule has 0 saturated heterocycles. The molecular weight excluding hydrogens is 368 g/mol. The minimum atomic E-state index is -0.0768. The average molecular weight is 399 g/mol. The highest BCUT2D eigenvalue weighted by molar-refractivity contribution is 8.02. The molecule has 0 aliphatic carbocycles. The maximum Gasteiger partial charge on any atom is 0.127 e. The second-order valence-electron chi connectivity index (χ2n) is 7.48. The van der Waals surface area contributed by atoms with E-state index in [0.29, 0.717) is 5.92 Å². The van der Waals surface area contributed by atoms with Crippen LogP contribution in [0.15, 0.2) is 59.6 Å². The largest absolute Gasteiger partial charge is 0.497 e. The zero-order valence-electron chi connectivity index (χ0n) is 16.9. The van der Waals surface area contributed by atoms with E-state index in [9.17, 15) is 0 Å². The number of rotatable bonds is 9. The Morgan fingerprint density at radius 3 is 2.29 bits per heavy atom. The molecule has 0 aromatic heterocycles. The van der Waals surface area contributed by atoms with Crippen LogP contribution >= 0.6 is 11.8 Å². The second-order valence-corrected chi connectivity index (χ2v) is 8.49. The lowest BCUT2D eigenvalue weighted by atomic mass is 9.89. The average Bonchev–Trinajstić information content (AvgIpc) is 3.13. The summed E-state index contributed by atoms with van der Waals surface area (Å²) in [5.74, 6) is 2.67. The number of nitrogens with one attached hydrogen (secondary N) is 1. The summed E-state index contributed by atoms with van der Waals surface area (Å²) >= 11 is 1.62. The van der Waals surface area contributed by atoms with Gasteiger partial charge in [-0.3, -0.25) is 0 Å². The minimum Gasteiger partial charge on any atom is -0.497 e. The number of thioether (sulfide) groups is 1. The maximum absolute atomic E-state index is 6.04. The first kappa shape index (κ1) is 20.6. The number of hydrogen-bond acceptors (Lipinski definition) is 5. The summed E-state index contributed by atoms with van der Waals surface area (Å²) in [7, 11) is 1.69. The van der Waals surface area contributed by atoms with E-state index in [0.717, 1.165) is 30.9 Å². The lowest BCUT2D eigenvalue weighted by molar-refractivity contribution is 0.289. The Balaban J connectivity index is 1.74. The Bertz CT molecular complexity index is 772.